The first-order valence-electron chi connectivity index (χ1n) is 6.20. The Balaban J connectivity index is 2.31. The Morgan fingerprint density at radius 2 is 1.83 bits per heavy atom. The van der Waals surface area contributed by atoms with Crippen LogP contribution >= 0.6 is 0 Å². The molecule has 0 aliphatic carbocycles. The fourth-order valence-electron chi connectivity index (χ4n) is 1.80. The van der Waals surface area contributed by atoms with E-state index in [9.17, 15) is 26.4 Å². The van der Waals surface area contributed by atoms with Gasteiger partial charge in [-0.3, -0.25) is 4.79 Å². The summed E-state index contributed by atoms with van der Waals surface area (Å²) in [5.74, 6) is -1.97. The predicted molar refractivity (Wildman–Crippen MR) is 77.1 cm³/mol. The van der Waals surface area contributed by atoms with Crippen molar-refractivity contribution in [1.82, 2.24) is 0 Å². The Kier molecular flexibility index (Phi) is 4.71. The van der Waals surface area contributed by atoms with Crippen molar-refractivity contribution in [3.63, 3.8) is 0 Å². The van der Waals surface area contributed by atoms with Crippen molar-refractivity contribution < 1.29 is 26.4 Å². The van der Waals surface area contributed by atoms with Gasteiger partial charge in [-0.05, 0) is 30.3 Å². The maximum Gasteiger partial charge on any atom is 0.263 e. The predicted octanol–water partition coefficient (Wildman–Crippen LogP) is 2.66. The Labute approximate surface area is 130 Å². The van der Waals surface area contributed by atoms with E-state index in [0.717, 1.165) is 24.3 Å². The normalized spacial score (nSPS) is 11.5. The van der Waals surface area contributed by atoms with Crippen LogP contribution in [0.25, 0.3) is 0 Å². The molecule has 0 saturated heterocycles. The largest absolute Gasteiger partial charge is 0.322 e. The van der Waals surface area contributed by atoms with E-state index in [2.05, 4.69) is 5.32 Å². The molecule has 9 heteroatoms. The van der Waals surface area contributed by atoms with Crippen molar-refractivity contribution in [2.24, 2.45) is 5.14 Å². The molecule has 0 atom stereocenters. The quantitative estimate of drug-likeness (QED) is 0.893. The van der Waals surface area contributed by atoms with Crippen LogP contribution in [-0.4, -0.2) is 14.3 Å². The van der Waals surface area contributed by atoms with Crippen LogP contribution < -0.4 is 10.5 Å². The second kappa shape index (κ2) is 6.39. The molecule has 23 heavy (non-hydrogen) atoms. The lowest BCUT2D eigenvalue weighted by molar-refractivity contribution is 0.102. The zero-order chi connectivity index (χ0) is 17.2. The summed E-state index contributed by atoms with van der Waals surface area (Å²) in [4.78, 5) is 11.7. The second-order valence-corrected chi connectivity index (χ2v) is 6.13. The van der Waals surface area contributed by atoms with Crippen molar-refractivity contribution in [2.75, 3.05) is 5.32 Å². The third kappa shape index (κ3) is 4.08. The van der Waals surface area contributed by atoms with Gasteiger partial charge in [0.2, 0.25) is 10.0 Å². The summed E-state index contributed by atoms with van der Waals surface area (Å²) in [5.41, 5.74) is -1.05. The summed E-state index contributed by atoms with van der Waals surface area (Å²) in [6.45, 7) is 0. The monoisotopic (exact) mass is 344 g/mol. The molecule has 5 nitrogen and oxygen atoms in total. The molecule has 0 heterocycles. The molecule has 122 valence electrons. The highest BCUT2D eigenvalue weighted by atomic mass is 32.2. The fourth-order valence-corrected chi connectivity index (χ4v) is 2.36. The smallest absolute Gasteiger partial charge is 0.263 e. The number of amides is 1. The number of sulfonamides is 1. The second-order valence-electron chi connectivity index (χ2n) is 4.57. The topological polar surface area (TPSA) is 89.3 Å². The van der Waals surface area contributed by atoms with Crippen molar-refractivity contribution in [2.45, 2.75) is 11.3 Å². The van der Waals surface area contributed by atoms with Crippen LogP contribution in [-0.2, 0) is 10.0 Å². The van der Waals surface area contributed by atoms with Gasteiger partial charge in [-0.25, -0.2) is 26.7 Å². The first-order chi connectivity index (χ1) is 10.7. The summed E-state index contributed by atoms with van der Waals surface area (Å²) < 4.78 is 61.3. The van der Waals surface area contributed by atoms with E-state index < -0.39 is 39.3 Å². The van der Waals surface area contributed by atoms with E-state index in [4.69, 9.17) is 5.14 Å². The highest BCUT2D eigenvalue weighted by Gasteiger charge is 2.17. The first-order valence-corrected chi connectivity index (χ1v) is 7.75. The highest BCUT2D eigenvalue weighted by Crippen LogP contribution is 2.22. The third-order valence-corrected chi connectivity index (χ3v) is 3.82. The standard InChI is InChI=1S/C14H11F3N2O3S/c15-12-5-4-8(13(16)17)6-11(12)14(20)19-9-2-1-3-10(7-9)23(18,21)22/h1-7,13H,(H,19,20)(H2,18,21,22). The van der Waals surface area contributed by atoms with Crippen molar-refractivity contribution in [1.29, 1.82) is 0 Å². The molecule has 0 radical (unpaired) electrons. The lowest BCUT2D eigenvalue weighted by atomic mass is 10.1. The average molecular weight is 344 g/mol. The van der Waals surface area contributed by atoms with E-state index in [0.29, 0.717) is 0 Å². The third-order valence-electron chi connectivity index (χ3n) is 2.91. The Hall–Kier alpha value is -2.39. The molecular weight excluding hydrogens is 333 g/mol. The maximum atomic E-state index is 13.6. The van der Waals surface area contributed by atoms with Crippen molar-refractivity contribution in [3.05, 3.63) is 59.4 Å². The number of primary sulfonamides is 1. The van der Waals surface area contributed by atoms with E-state index in [-0.39, 0.29) is 10.6 Å². The Morgan fingerprint density at radius 1 is 1.13 bits per heavy atom. The minimum atomic E-state index is -3.98. The van der Waals surface area contributed by atoms with Crippen LogP contribution in [0, 0.1) is 5.82 Å². The molecular formula is C14H11F3N2O3S. The van der Waals surface area contributed by atoms with Gasteiger partial charge in [-0.2, -0.15) is 0 Å². The molecule has 0 spiro atoms. The van der Waals surface area contributed by atoms with Crippen LogP contribution in [0.15, 0.2) is 47.4 Å². The molecule has 0 unspecified atom stereocenters. The molecule has 2 aromatic rings. The van der Waals surface area contributed by atoms with E-state index in [1.54, 1.807) is 0 Å². The molecule has 0 aliphatic heterocycles. The number of nitrogens with two attached hydrogens (primary N) is 1. The number of halogens is 3. The van der Waals surface area contributed by atoms with Crippen LogP contribution in [0.1, 0.15) is 22.3 Å². The number of benzene rings is 2. The van der Waals surface area contributed by atoms with Gasteiger partial charge >= 0.3 is 0 Å². The van der Waals surface area contributed by atoms with Crippen LogP contribution in [0.3, 0.4) is 0 Å². The number of rotatable bonds is 4. The van der Waals surface area contributed by atoms with E-state index in [1.165, 1.54) is 18.2 Å². The molecule has 2 rings (SSSR count). The maximum absolute atomic E-state index is 13.6. The Bertz CT molecular complexity index is 854. The number of nitrogens with one attached hydrogen (secondary N) is 1. The van der Waals surface area contributed by atoms with Crippen molar-refractivity contribution in [3.8, 4) is 0 Å². The van der Waals surface area contributed by atoms with Gasteiger partial charge in [0.25, 0.3) is 12.3 Å². The minimum Gasteiger partial charge on any atom is -0.322 e. The molecule has 0 aliphatic rings. The van der Waals surface area contributed by atoms with E-state index in [1.807, 2.05) is 0 Å². The number of anilines is 1. The lowest BCUT2D eigenvalue weighted by Crippen LogP contribution is -2.16. The first kappa shape index (κ1) is 17.0. The van der Waals surface area contributed by atoms with Gasteiger partial charge in [0.1, 0.15) is 5.82 Å². The summed E-state index contributed by atoms with van der Waals surface area (Å²) >= 11 is 0. The van der Waals surface area contributed by atoms with Crippen LogP contribution in [0.2, 0.25) is 0 Å². The molecule has 2 aromatic carbocycles. The molecule has 1 amide bonds. The molecule has 0 fully saturated rings. The number of hydrogen-bond donors (Lipinski definition) is 2. The van der Waals surface area contributed by atoms with Gasteiger partial charge in [-0.15, -0.1) is 0 Å². The van der Waals surface area contributed by atoms with Crippen LogP contribution in [0.5, 0.6) is 0 Å². The van der Waals surface area contributed by atoms with Crippen LogP contribution in [0.4, 0.5) is 18.9 Å². The zero-order valence-electron chi connectivity index (χ0n) is 11.5. The molecule has 0 saturated carbocycles. The average Bonchev–Trinajstić information content (AvgIpc) is 2.46. The zero-order valence-corrected chi connectivity index (χ0v) is 12.3. The summed E-state index contributed by atoms with van der Waals surface area (Å²) in [7, 11) is -3.98. The van der Waals surface area contributed by atoms with Gasteiger partial charge < -0.3 is 5.32 Å². The molecule has 3 N–H and O–H groups in total. The summed E-state index contributed by atoms with van der Waals surface area (Å²) in [6, 6.07) is 7.32. The molecule has 0 aromatic heterocycles. The number of hydrogen-bond acceptors (Lipinski definition) is 3. The van der Waals surface area contributed by atoms with Gasteiger partial charge in [0.05, 0.1) is 10.5 Å². The van der Waals surface area contributed by atoms with Gasteiger partial charge in [0, 0.05) is 11.3 Å². The minimum absolute atomic E-state index is 0.0309. The molecule has 0 bridgehead atoms. The van der Waals surface area contributed by atoms with E-state index >= 15 is 0 Å². The Morgan fingerprint density at radius 3 is 2.43 bits per heavy atom. The van der Waals surface area contributed by atoms with Gasteiger partial charge in [-0.1, -0.05) is 12.1 Å². The summed E-state index contributed by atoms with van der Waals surface area (Å²) in [6.07, 6.45) is -2.85. The van der Waals surface area contributed by atoms with Crippen molar-refractivity contribution >= 4 is 21.6 Å². The lowest BCUT2D eigenvalue weighted by Gasteiger charge is -2.09. The SMILES string of the molecule is NS(=O)(=O)c1cccc(NC(=O)c2cc(C(F)F)ccc2F)c1. The number of alkyl halides is 2. The fraction of sp³-hybridized carbons (Fsp3) is 0.0714. The number of carbonyl (C=O) groups is 1. The highest BCUT2D eigenvalue weighted by molar-refractivity contribution is 7.89. The summed E-state index contributed by atoms with van der Waals surface area (Å²) in [5, 5.41) is 7.19. The van der Waals surface area contributed by atoms with Gasteiger partial charge in [0.15, 0.2) is 0 Å². The number of carbonyl (C=O) groups excluding carboxylic acids is 1.